The van der Waals surface area contributed by atoms with Crippen molar-refractivity contribution in [3.8, 4) is 0 Å². The molecule has 6 heteroatoms. The van der Waals surface area contributed by atoms with E-state index in [1.54, 1.807) is 29.2 Å². The van der Waals surface area contributed by atoms with Crippen molar-refractivity contribution in [2.45, 2.75) is 25.8 Å². The Kier molecular flexibility index (Phi) is 8.01. The number of thioether (sulfide) groups is 1. The molecule has 2 aromatic rings. The molecule has 0 saturated heterocycles. The summed E-state index contributed by atoms with van der Waals surface area (Å²) in [4.78, 5) is 26.2. The fourth-order valence-corrected chi connectivity index (χ4v) is 3.60. The quantitative estimate of drug-likeness (QED) is 0.706. The van der Waals surface area contributed by atoms with Crippen LogP contribution in [-0.4, -0.2) is 36.4 Å². The number of nitrogens with one attached hydrogen (secondary N) is 2. The van der Waals surface area contributed by atoms with Crippen LogP contribution in [0, 0.1) is 6.92 Å². The van der Waals surface area contributed by atoms with Crippen molar-refractivity contribution in [3.05, 3.63) is 57.8 Å². The van der Waals surface area contributed by atoms with Gasteiger partial charge in [0.25, 0.3) is 5.91 Å². The van der Waals surface area contributed by atoms with Crippen LogP contribution in [0.4, 0.5) is 0 Å². The molecule has 1 atom stereocenters. The molecule has 0 spiro atoms. The van der Waals surface area contributed by atoms with Gasteiger partial charge in [-0.05, 0) is 55.4 Å². The Hall–Kier alpha value is -1.79. The Labute approximate surface area is 157 Å². The summed E-state index contributed by atoms with van der Waals surface area (Å²) >= 11 is 3.35. The summed E-state index contributed by atoms with van der Waals surface area (Å²) in [7, 11) is 0. The molecule has 1 aromatic heterocycles. The molecular weight excluding hydrogens is 352 g/mol. The van der Waals surface area contributed by atoms with Crippen molar-refractivity contribution in [2.24, 2.45) is 0 Å². The molecule has 4 nitrogen and oxygen atoms in total. The summed E-state index contributed by atoms with van der Waals surface area (Å²) in [5.74, 6) is 0.492. The number of amides is 2. The lowest BCUT2D eigenvalue weighted by molar-refractivity contribution is -0.122. The molecule has 2 N–H and O–H groups in total. The van der Waals surface area contributed by atoms with Gasteiger partial charge in [0.05, 0.1) is 0 Å². The number of thiophene rings is 1. The van der Waals surface area contributed by atoms with Crippen LogP contribution in [0.2, 0.25) is 0 Å². The maximum atomic E-state index is 12.5. The second-order valence-electron chi connectivity index (χ2n) is 5.80. The highest BCUT2D eigenvalue weighted by Crippen LogP contribution is 2.09. The van der Waals surface area contributed by atoms with Crippen LogP contribution in [0.25, 0.3) is 0 Å². The average Bonchev–Trinajstić information content (AvgIpc) is 3.11. The average molecular weight is 377 g/mol. The number of rotatable bonds is 9. The van der Waals surface area contributed by atoms with E-state index < -0.39 is 6.04 Å². The maximum absolute atomic E-state index is 12.5. The number of carbonyl (C=O) groups is 2. The summed E-state index contributed by atoms with van der Waals surface area (Å²) in [5, 5.41) is 7.85. The molecule has 1 heterocycles. The van der Waals surface area contributed by atoms with Gasteiger partial charge in [0.15, 0.2) is 0 Å². The van der Waals surface area contributed by atoms with Crippen molar-refractivity contribution in [1.29, 1.82) is 0 Å². The summed E-state index contributed by atoms with van der Waals surface area (Å²) in [6.45, 7) is 2.52. The minimum Gasteiger partial charge on any atom is -0.354 e. The monoisotopic (exact) mass is 376 g/mol. The van der Waals surface area contributed by atoms with Crippen molar-refractivity contribution < 1.29 is 9.59 Å². The van der Waals surface area contributed by atoms with Crippen LogP contribution in [0.1, 0.15) is 27.2 Å². The largest absolute Gasteiger partial charge is 0.354 e. The van der Waals surface area contributed by atoms with Crippen molar-refractivity contribution in [2.75, 3.05) is 18.6 Å². The van der Waals surface area contributed by atoms with Gasteiger partial charge in [-0.25, -0.2) is 0 Å². The highest BCUT2D eigenvalue weighted by molar-refractivity contribution is 7.98. The van der Waals surface area contributed by atoms with E-state index in [1.165, 1.54) is 4.88 Å². The molecule has 2 rings (SSSR count). The zero-order valence-electron chi connectivity index (χ0n) is 14.6. The fraction of sp³-hybridized carbons (Fsp3) is 0.368. The minimum absolute atomic E-state index is 0.119. The van der Waals surface area contributed by atoms with Gasteiger partial charge in [0, 0.05) is 17.0 Å². The molecule has 0 bridgehead atoms. The van der Waals surface area contributed by atoms with Gasteiger partial charge in [-0.15, -0.1) is 11.3 Å². The Balaban J connectivity index is 1.92. The predicted molar refractivity (Wildman–Crippen MR) is 106 cm³/mol. The van der Waals surface area contributed by atoms with Crippen molar-refractivity contribution in [3.63, 3.8) is 0 Å². The van der Waals surface area contributed by atoms with Crippen LogP contribution >= 0.6 is 23.1 Å². The zero-order chi connectivity index (χ0) is 18.1. The molecule has 0 saturated carbocycles. The van der Waals surface area contributed by atoms with Crippen LogP contribution in [0.15, 0.2) is 41.8 Å². The molecular formula is C19H24N2O2S2. The molecule has 1 unspecified atom stereocenters. The lowest BCUT2D eigenvalue weighted by Crippen LogP contribution is -2.47. The smallest absolute Gasteiger partial charge is 0.251 e. The third-order valence-electron chi connectivity index (χ3n) is 3.76. The van der Waals surface area contributed by atoms with Crippen LogP contribution in [0.5, 0.6) is 0 Å². The Morgan fingerprint density at radius 3 is 2.76 bits per heavy atom. The van der Waals surface area contributed by atoms with E-state index in [1.807, 2.05) is 42.8 Å². The third-order valence-corrected chi connectivity index (χ3v) is 5.34. The van der Waals surface area contributed by atoms with Crippen LogP contribution in [-0.2, 0) is 11.2 Å². The first-order valence-corrected chi connectivity index (χ1v) is 10.5. The molecule has 1 aromatic carbocycles. The molecule has 2 amide bonds. The molecule has 0 aliphatic carbocycles. The van der Waals surface area contributed by atoms with E-state index in [-0.39, 0.29) is 11.8 Å². The van der Waals surface area contributed by atoms with Gasteiger partial charge in [-0.3, -0.25) is 9.59 Å². The summed E-state index contributed by atoms with van der Waals surface area (Å²) in [6.07, 6.45) is 3.42. The Morgan fingerprint density at radius 1 is 1.24 bits per heavy atom. The van der Waals surface area contributed by atoms with Gasteiger partial charge in [-0.2, -0.15) is 11.8 Å². The number of carbonyl (C=O) groups excluding carboxylic acids is 2. The molecule has 0 aliphatic heterocycles. The predicted octanol–water partition coefficient (Wildman–Crippen LogP) is 3.27. The maximum Gasteiger partial charge on any atom is 0.251 e. The van der Waals surface area contributed by atoms with Gasteiger partial charge in [0.2, 0.25) is 5.91 Å². The highest BCUT2D eigenvalue weighted by Gasteiger charge is 2.20. The highest BCUT2D eigenvalue weighted by atomic mass is 32.2. The van der Waals surface area contributed by atoms with Gasteiger partial charge in [0.1, 0.15) is 6.04 Å². The molecule has 0 fully saturated rings. The van der Waals surface area contributed by atoms with Crippen molar-refractivity contribution in [1.82, 2.24) is 10.6 Å². The molecule has 134 valence electrons. The van der Waals surface area contributed by atoms with E-state index in [2.05, 4.69) is 16.7 Å². The molecule has 25 heavy (non-hydrogen) atoms. The van der Waals surface area contributed by atoms with E-state index >= 15 is 0 Å². The van der Waals surface area contributed by atoms with E-state index in [9.17, 15) is 9.59 Å². The van der Waals surface area contributed by atoms with Crippen LogP contribution < -0.4 is 10.6 Å². The standard InChI is InChI=1S/C19H24N2O2S2/c1-14-5-3-6-15(13-14)18(22)21-17(9-12-24-2)19(23)20-10-8-16-7-4-11-25-16/h3-7,11,13,17H,8-10,12H2,1-2H3,(H,20,23)(H,21,22). The van der Waals surface area contributed by atoms with Gasteiger partial charge < -0.3 is 10.6 Å². The number of hydrogen-bond acceptors (Lipinski definition) is 4. The first-order chi connectivity index (χ1) is 12.1. The zero-order valence-corrected chi connectivity index (χ0v) is 16.2. The SMILES string of the molecule is CSCCC(NC(=O)c1cccc(C)c1)C(=O)NCCc1cccs1. The third kappa shape index (κ3) is 6.55. The first kappa shape index (κ1) is 19.5. The molecule has 0 radical (unpaired) electrons. The number of benzene rings is 1. The number of aryl methyl sites for hydroxylation is 1. The summed E-state index contributed by atoms with van der Waals surface area (Å²) in [5.41, 5.74) is 1.61. The lowest BCUT2D eigenvalue weighted by atomic mass is 10.1. The second kappa shape index (κ2) is 10.3. The van der Waals surface area contributed by atoms with Gasteiger partial charge >= 0.3 is 0 Å². The van der Waals surface area contributed by atoms with E-state index in [0.717, 1.165) is 17.7 Å². The van der Waals surface area contributed by atoms with Crippen molar-refractivity contribution >= 4 is 34.9 Å². The Bertz CT molecular complexity index is 686. The van der Waals surface area contributed by atoms with E-state index in [4.69, 9.17) is 0 Å². The molecule has 0 aliphatic rings. The van der Waals surface area contributed by atoms with Crippen LogP contribution in [0.3, 0.4) is 0 Å². The normalized spacial score (nSPS) is 11.8. The van der Waals surface area contributed by atoms with E-state index in [0.29, 0.717) is 18.5 Å². The lowest BCUT2D eigenvalue weighted by Gasteiger charge is -2.18. The minimum atomic E-state index is -0.510. The number of hydrogen-bond donors (Lipinski definition) is 2. The Morgan fingerprint density at radius 2 is 2.08 bits per heavy atom. The summed E-state index contributed by atoms with van der Waals surface area (Å²) < 4.78 is 0. The van der Waals surface area contributed by atoms with Gasteiger partial charge in [-0.1, -0.05) is 23.8 Å². The first-order valence-electron chi connectivity index (χ1n) is 8.26. The topological polar surface area (TPSA) is 58.2 Å². The second-order valence-corrected chi connectivity index (χ2v) is 7.82. The summed E-state index contributed by atoms with van der Waals surface area (Å²) in [6, 6.07) is 10.9. The fourth-order valence-electron chi connectivity index (χ4n) is 2.42.